The molecule has 3 rings (SSSR count). The van der Waals surface area contributed by atoms with Crippen molar-refractivity contribution >= 4 is 22.1 Å². The van der Waals surface area contributed by atoms with Gasteiger partial charge in [0.1, 0.15) is 11.6 Å². The lowest BCUT2D eigenvalue weighted by atomic mass is 10.2. The van der Waals surface area contributed by atoms with E-state index in [2.05, 4.69) is 10.5 Å². The zero-order valence-electron chi connectivity index (χ0n) is 17.2. The molecule has 0 aromatic heterocycles. The average molecular weight is 458 g/mol. The molecule has 0 atom stereocenters. The van der Waals surface area contributed by atoms with Crippen molar-refractivity contribution in [1.82, 2.24) is 9.73 Å². The lowest BCUT2D eigenvalue weighted by molar-refractivity contribution is -0.121. The summed E-state index contributed by atoms with van der Waals surface area (Å²) in [6.07, 6.45) is 1.30. The molecule has 166 valence electrons. The van der Waals surface area contributed by atoms with Gasteiger partial charge in [-0.2, -0.15) is 9.41 Å². The smallest absolute Gasteiger partial charge is 0.255 e. The van der Waals surface area contributed by atoms with Crippen LogP contribution in [0.15, 0.2) is 82.8 Å². The van der Waals surface area contributed by atoms with Gasteiger partial charge in [-0.1, -0.05) is 48.0 Å². The number of amides is 1. The Bertz CT molecular complexity index is 1210. The second-order valence-corrected chi connectivity index (χ2v) is 8.96. The summed E-state index contributed by atoms with van der Waals surface area (Å²) in [6.45, 7) is 0.906. The van der Waals surface area contributed by atoms with Crippen LogP contribution < -0.4 is 5.43 Å². The minimum absolute atomic E-state index is 0.0120. The molecule has 0 spiro atoms. The number of sulfonamides is 1. The number of aryl methyl sites for hydroxylation is 1. The highest BCUT2D eigenvalue weighted by Gasteiger charge is 2.27. The van der Waals surface area contributed by atoms with Crippen LogP contribution in [0.5, 0.6) is 0 Å². The Kier molecular flexibility index (Phi) is 7.45. The normalized spacial score (nSPS) is 11.8. The van der Waals surface area contributed by atoms with Crippen molar-refractivity contribution in [1.29, 1.82) is 0 Å². The van der Waals surface area contributed by atoms with E-state index in [1.807, 2.05) is 6.92 Å². The van der Waals surface area contributed by atoms with Crippen molar-refractivity contribution in [2.24, 2.45) is 5.10 Å². The molecule has 0 heterocycles. The SMILES string of the molecule is Cc1ccc(S(=O)(=O)N(CC(=O)NN=Cc2ccc(F)cc2)Cc2ccccc2F)cc1. The molecule has 32 heavy (non-hydrogen) atoms. The van der Waals surface area contributed by atoms with Crippen LogP contribution in [0.25, 0.3) is 0 Å². The molecule has 0 saturated carbocycles. The highest BCUT2D eigenvalue weighted by atomic mass is 32.2. The number of halogens is 2. The summed E-state index contributed by atoms with van der Waals surface area (Å²) in [5.74, 6) is -1.70. The third-order valence-electron chi connectivity index (χ3n) is 4.56. The van der Waals surface area contributed by atoms with E-state index in [1.54, 1.807) is 18.2 Å². The number of benzene rings is 3. The van der Waals surface area contributed by atoms with Crippen LogP contribution in [0.4, 0.5) is 8.78 Å². The number of rotatable bonds is 8. The van der Waals surface area contributed by atoms with Gasteiger partial charge in [0.25, 0.3) is 5.91 Å². The lowest BCUT2D eigenvalue weighted by Crippen LogP contribution is -2.39. The maximum Gasteiger partial charge on any atom is 0.255 e. The fourth-order valence-corrected chi connectivity index (χ4v) is 4.20. The van der Waals surface area contributed by atoms with Crippen molar-refractivity contribution in [2.45, 2.75) is 18.4 Å². The molecule has 6 nitrogen and oxygen atoms in total. The molecule has 0 aliphatic carbocycles. The van der Waals surface area contributed by atoms with Gasteiger partial charge < -0.3 is 0 Å². The fourth-order valence-electron chi connectivity index (χ4n) is 2.82. The summed E-state index contributed by atoms with van der Waals surface area (Å²) in [5.41, 5.74) is 3.79. The summed E-state index contributed by atoms with van der Waals surface area (Å²) >= 11 is 0. The first-order valence-corrected chi connectivity index (χ1v) is 11.1. The van der Waals surface area contributed by atoms with E-state index >= 15 is 0 Å². The average Bonchev–Trinajstić information content (AvgIpc) is 2.76. The predicted molar refractivity (Wildman–Crippen MR) is 117 cm³/mol. The summed E-state index contributed by atoms with van der Waals surface area (Å²) < 4.78 is 54.4. The number of hydrogen-bond acceptors (Lipinski definition) is 4. The predicted octanol–water partition coefficient (Wildman–Crippen LogP) is 3.61. The fraction of sp³-hybridized carbons (Fsp3) is 0.130. The molecular weight excluding hydrogens is 436 g/mol. The summed E-state index contributed by atoms with van der Waals surface area (Å²) in [7, 11) is -4.10. The quantitative estimate of drug-likeness (QED) is 0.415. The monoisotopic (exact) mass is 457 g/mol. The standard InChI is InChI=1S/C23H21F2N3O3S/c1-17-6-12-21(13-7-17)32(30,31)28(15-19-4-2-3-5-22(19)25)16-23(29)27-26-14-18-8-10-20(24)11-9-18/h2-14H,15-16H2,1H3,(H,27,29). The maximum atomic E-state index is 14.2. The van der Waals surface area contributed by atoms with Gasteiger partial charge in [0, 0.05) is 12.1 Å². The molecule has 0 fully saturated rings. The van der Waals surface area contributed by atoms with Crippen LogP contribution in [0, 0.1) is 18.6 Å². The molecule has 0 saturated heterocycles. The number of carbonyl (C=O) groups is 1. The molecule has 0 radical (unpaired) electrons. The van der Waals surface area contributed by atoms with Gasteiger partial charge in [-0.25, -0.2) is 22.6 Å². The molecule has 0 aliphatic heterocycles. The molecule has 0 unspecified atom stereocenters. The van der Waals surface area contributed by atoms with E-state index in [0.717, 1.165) is 9.87 Å². The van der Waals surface area contributed by atoms with Crippen molar-refractivity contribution in [3.8, 4) is 0 Å². The van der Waals surface area contributed by atoms with Gasteiger partial charge in [0.05, 0.1) is 17.7 Å². The van der Waals surface area contributed by atoms with Gasteiger partial charge in [0.2, 0.25) is 10.0 Å². The Morgan fingerprint density at radius 3 is 2.31 bits per heavy atom. The third-order valence-corrected chi connectivity index (χ3v) is 6.36. The number of carbonyl (C=O) groups excluding carboxylic acids is 1. The van der Waals surface area contributed by atoms with Gasteiger partial charge in [-0.05, 0) is 42.8 Å². The molecule has 3 aromatic carbocycles. The van der Waals surface area contributed by atoms with Gasteiger partial charge in [0.15, 0.2) is 0 Å². The van der Waals surface area contributed by atoms with Crippen LogP contribution in [-0.4, -0.2) is 31.4 Å². The maximum absolute atomic E-state index is 14.2. The first kappa shape index (κ1) is 23.2. The van der Waals surface area contributed by atoms with E-state index < -0.39 is 34.1 Å². The number of hydrogen-bond donors (Lipinski definition) is 1. The van der Waals surface area contributed by atoms with Gasteiger partial charge in [-0.3, -0.25) is 4.79 Å². The molecule has 1 amide bonds. The second-order valence-electron chi connectivity index (χ2n) is 7.02. The van der Waals surface area contributed by atoms with Gasteiger partial charge in [-0.15, -0.1) is 0 Å². The molecular formula is C23H21F2N3O3S. The zero-order valence-corrected chi connectivity index (χ0v) is 18.0. The molecule has 3 aromatic rings. The van der Waals surface area contributed by atoms with E-state index in [0.29, 0.717) is 5.56 Å². The van der Waals surface area contributed by atoms with Crippen LogP contribution in [0.1, 0.15) is 16.7 Å². The van der Waals surface area contributed by atoms with E-state index in [9.17, 15) is 22.0 Å². The van der Waals surface area contributed by atoms with E-state index in [1.165, 1.54) is 60.8 Å². The number of nitrogens with one attached hydrogen (secondary N) is 1. The van der Waals surface area contributed by atoms with Crippen LogP contribution in [0.2, 0.25) is 0 Å². The van der Waals surface area contributed by atoms with E-state index in [4.69, 9.17) is 0 Å². The summed E-state index contributed by atoms with van der Waals surface area (Å²) in [4.78, 5) is 12.4. The Balaban J connectivity index is 1.80. The van der Waals surface area contributed by atoms with Gasteiger partial charge >= 0.3 is 0 Å². The first-order valence-electron chi connectivity index (χ1n) is 9.63. The van der Waals surface area contributed by atoms with Crippen LogP contribution in [-0.2, 0) is 21.4 Å². The van der Waals surface area contributed by atoms with Crippen molar-refractivity contribution < 1.29 is 22.0 Å². The lowest BCUT2D eigenvalue weighted by Gasteiger charge is -2.22. The highest BCUT2D eigenvalue weighted by molar-refractivity contribution is 7.89. The minimum atomic E-state index is -4.10. The first-order chi connectivity index (χ1) is 15.3. The topological polar surface area (TPSA) is 78.8 Å². The Morgan fingerprint density at radius 1 is 1.00 bits per heavy atom. The zero-order chi connectivity index (χ0) is 23.1. The van der Waals surface area contributed by atoms with Crippen molar-refractivity contribution in [3.63, 3.8) is 0 Å². The second kappa shape index (κ2) is 10.3. The molecule has 0 bridgehead atoms. The number of nitrogens with zero attached hydrogens (tertiary/aromatic N) is 2. The van der Waals surface area contributed by atoms with Crippen LogP contribution in [0.3, 0.4) is 0 Å². The summed E-state index contributed by atoms with van der Waals surface area (Å²) in [6, 6.07) is 17.3. The Hall–Kier alpha value is -3.43. The van der Waals surface area contributed by atoms with Crippen LogP contribution >= 0.6 is 0 Å². The highest BCUT2D eigenvalue weighted by Crippen LogP contribution is 2.20. The Labute approximate surface area is 185 Å². The summed E-state index contributed by atoms with van der Waals surface area (Å²) in [5, 5.41) is 3.77. The molecule has 9 heteroatoms. The van der Waals surface area contributed by atoms with Crippen molar-refractivity contribution in [3.05, 3.63) is 101 Å². The van der Waals surface area contributed by atoms with E-state index in [-0.39, 0.29) is 17.0 Å². The number of hydrazone groups is 1. The Morgan fingerprint density at radius 2 is 1.66 bits per heavy atom. The third kappa shape index (κ3) is 6.05. The largest absolute Gasteiger partial charge is 0.272 e. The molecule has 0 aliphatic rings. The minimum Gasteiger partial charge on any atom is -0.272 e. The molecule has 1 N–H and O–H groups in total. The van der Waals surface area contributed by atoms with Crippen molar-refractivity contribution in [2.75, 3.05) is 6.54 Å².